The number of amides is 2. The van der Waals surface area contributed by atoms with Gasteiger partial charge in [0.2, 0.25) is 0 Å². The Balaban J connectivity index is 1.88. The van der Waals surface area contributed by atoms with Crippen molar-refractivity contribution in [2.75, 3.05) is 45.8 Å². The van der Waals surface area contributed by atoms with Crippen molar-refractivity contribution in [1.29, 1.82) is 0 Å². The van der Waals surface area contributed by atoms with Crippen LogP contribution in [0.2, 0.25) is 0 Å². The van der Waals surface area contributed by atoms with E-state index in [-0.39, 0.29) is 23.8 Å². The van der Waals surface area contributed by atoms with Crippen LogP contribution < -0.4 is 0 Å². The SMILES string of the molecule is CO[C@H]1C(=O)N2C(C(=O)N3CCOCC3)=C(COC(C)=O)CS[C@H]12. The number of β-lactam (4-membered cyclic amide) rings is 1. The van der Waals surface area contributed by atoms with E-state index in [1.54, 1.807) is 4.90 Å². The number of hydrogen-bond donors (Lipinski definition) is 0. The molecule has 0 aromatic carbocycles. The summed E-state index contributed by atoms with van der Waals surface area (Å²) in [5.41, 5.74) is 0.992. The summed E-state index contributed by atoms with van der Waals surface area (Å²) in [6.07, 6.45) is -0.530. The predicted octanol–water partition coefficient (Wildman–Crippen LogP) is -0.407. The third-order valence-electron chi connectivity index (χ3n) is 4.20. The molecule has 132 valence electrons. The molecule has 0 unspecified atom stereocenters. The van der Waals surface area contributed by atoms with Crippen LogP contribution in [0.15, 0.2) is 11.3 Å². The summed E-state index contributed by atoms with van der Waals surface area (Å²) in [6.45, 7) is 3.25. The minimum absolute atomic E-state index is 0.0158. The van der Waals surface area contributed by atoms with Gasteiger partial charge in [-0.2, -0.15) is 0 Å². The van der Waals surface area contributed by atoms with Crippen LogP contribution >= 0.6 is 11.8 Å². The van der Waals surface area contributed by atoms with Gasteiger partial charge in [-0.15, -0.1) is 11.8 Å². The molecule has 0 aliphatic carbocycles. The summed E-state index contributed by atoms with van der Waals surface area (Å²) in [4.78, 5) is 39.6. The number of esters is 1. The number of fused-ring (bicyclic) bond motifs is 1. The van der Waals surface area contributed by atoms with Crippen LogP contribution in [0.5, 0.6) is 0 Å². The molecule has 2 saturated heterocycles. The number of ether oxygens (including phenoxy) is 3. The summed E-state index contributed by atoms with van der Waals surface area (Å²) in [5.74, 6) is -0.342. The van der Waals surface area contributed by atoms with Crippen molar-refractivity contribution in [1.82, 2.24) is 9.80 Å². The maximum atomic E-state index is 13.0. The zero-order chi connectivity index (χ0) is 17.3. The average Bonchev–Trinajstić information content (AvgIpc) is 2.59. The normalized spacial score (nSPS) is 26.8. The molecule has 0 N–H and O–H groups in total. The Morgan fingerprint density at radius 2 is 2.04 bits per heavy atom. The highest BCUT2D eigenvalue weighted by Crippen LogP contribution is 2.42. The van der Waals surface area contributed by atoms with Crippen LogP contribution in [-0.2, 0) is 28.6 Å². The maximum absolute atomic E-state index is 13.0. The Kier molecular flexibility index (Phi) is 5.12. The van der Waals surface area contributed by atoms with E-state index in [1.807, 2.05) is 0 Å². The first-order chi connectivity index (χ1) is 11.5. The monoisotopic (exact) mass is 356 g/mol. The highest BCUT2D eigenvalue weighted by Gasteiger charge is 2.54. The van der Waals surface area contributed by atoms with Crippen LogP contribution in [0.25, 0.3) is 0 Å². The highest BCUT2D eigenvalue weighted by atomic mass is 32.2. The second-order valence-electron chi connectivity index (χ2n) is 5.70. The number of morpholine rings is 1. The molecule has 8 nitrogen and oxygen atoms in total. The van der Waals surface area contributed by atoms with E-state index in [4.69, 9.17) is 14.2 Å². The maximum Gasteiger partial charge on any atom is 0.302 e. The number of nitrogens with zero attached hydrogens (tertiary/aromatic N) is 2. The summed E-state index contributed by atoms with van der Waals surface area (Å²) < 4.78 is 15.6. The first-order valence-electron chi connectivity index (χ1n) is 7.74. The molecule has 2 fully saturated rings. The van der Waals surface area contributed by atoms with E-state index in [2.05, 4.69) is 0 Å². The molecule has 2 atom stereocenters. The van der Waals surface area contributed by atoms with Gasteiger partial charge in [0.05, 0.1) is 13.2 Å². The zero-order valence-corrected chi connectivity index (χ0v) is 14.5. The quantitative estimate of drug-likeness (QED) is 0.500. The molecule has 0 radical (unpaired) electrons. The molecule has 3 rings (SSSR count). The lowest BCUT2D eigenvalue weighted by atomic mass is 10.0. The molecule has 0 bridgehead atoms. The van der Waals surface area contributed by atoms with Crippen molar-refractivity contribution in [2.45, 2.75) is 18.4 Å². The van der Waals surface area contributed by atoms with Gasteiger partial charge >= 0.3 is 5.97 Å². The lowest BCUT2D eigenvalue weighted by Crippen LogP contribution is -2.66. The Hall–Kier alpha value is -1.58. The van der Waals surface area contributed by atoms with Crippen LogP contribution in [0, 0.1) is 0 Å². The van der Waals surface area contributed by atoms with Crippen molar-refractivity contribution in [3.8, 4) is 0 Å². The van der Waals surface area contributed by atoms with Gasteiger partial charge in [0.25, 0.3) is 11.8 Å². The molecule has 3 aliphatic rings. The van der Waals surface area contributed by atoms with Gasteiger partial charge in [-0.05, 0) is 0 Å². The topological polar surface area (TPSA) is 85.4 Å². The fourth-order valence-corrected chi connectivity index (χ4v) is 4.30. The molecule has 0 spiro atoms. The third-order valence-corrected chi connectivity index (χ3v) is 5.52. The standard InChI is InChI=1S/C15H20N2O6S/c1-9(18)23-7-10-8-24-15-12(21-2)14(20)17(15)11(10)13(19)16-3-5-22-6-4-16/h12,15H,3-8H2,1-2H3/t12-,15+/m0/s1. The molecule has 2 amide bonds. The number of carbonyl (C=O) groups excluding carboxylic acids is 3. The van der Waals surface area contributed by atoms with Gasteiger partial charge in [-0.25, -0.2) is 0 Å². The van der Waals surface area contributed by atoms with E-state index in [0.29, 0.717) is 43.3 Å². The third kappa shape index (κ3) is 3.03. The van der Waals surface area contributed by atoms with Crippen LogP contribution in [0.3, 0.4) is 0 Å². The predicted molar refractivity (Wildman–Crippen MR) is 84.9 cm³/mol. The van der Waals surface area contributed by atoms with Crippen LogP contribution in [-0.4, -0.2) is 84.8 Å². The minimum Gasteiger partial charge on any atom is -0.461 e. The largest absolute Gasteiger partial charge is 0.461 e. The fourth-order valence-electron chi connectivity index (χ4n) is 2.95. The molecule has 0 aromatic rings. The van der Waals surface area contributed by atoms with Gasteiger partial charge in [-0.3, -0.25) is 19.3 Å². The number of methoxy groups -OCH3 is 1. The molecule has 3 aliphatic heterocycles. The Labute approximate surface area is 144 Å². The Morgan fingerprint density at radius 3 is 2.67 bits per heavy atom. The Morgan fingerprint density at radius 1 is 1.33 bits per heavy atom. The van der Waals surface area contributed by atoms with E-state index >= 15 is 0 Å². The zero-order valence-electron chi connectivity index (χ0n) is 13.6. The minimum atomic E-state index is -0.530. The van der Waals surface area contributed by atoms with E-state index < -0.39 is 12.1 Å². The van der Waals surface area contributed by atoms with E-state index in [1.165, 1.54) is 30.7 Å². The lowest BCUT2D eigenvalue weighted by molar-refractivity contribution is -0.161. The first-order valence-corrected chi connectivity index (χ1v) is 8.79. The van der Waals surface area contributed by atoms with Crippen molar-refractivity contribution >= 4 is 29.5 Å². The van der Waals surface area contributed by atoms with Crippen molar-refractivity contribution in [2.24, 2.45) is 0 Å². The molecule has 9 heteroatoms. The van der Waals surface area contributed by atoms with Crippen LogP contribution in [0.1, 0.15) is 6.92 Å². The summed E-state index contributed by atoms with van der Waals surface area (Å²) in [7, 11) is 1.49. The van der Waals surface area contributed by atoms with Crippen LogP contribution in [0.4, 0.5) is 0 Å². The number of carbonyl (C=O) groups is 3. The highest BCUT2D eigenvalue weighted by molar-refractivity contribution is 8.00. The average molecular weight is 356 g/mol. The van der Waals surface area contributed by atoms with Gasteiger partial charge in [0.15, 0.2) is 6.10 Å². The first kappa shape index (κ1) is 17.2. The Bertz CT molecular complexity index is 587. The lowest BCUT2D eigenvalue weighted by Gasteiger charge is -2.49. The smallest absolute Gasteiger partial charge is 0.302 e. The van der Waals surface area contributed by atoms with Crippen molar-refractivity contribution < 1.29 is 28.6 Å². The van der Waals surface area contributed by atoms with Gasteiger partial charge < -0.3 is 19.1 Å². The van der Waals surface area contributed by atoms with Crippen molar-refractivity contribution in [3.05, 3.63) is 11.3 Å². The summed E-state index contributed by atoms with van der Waals surface area (Å²) in [6, 6.07) is 0. The molecular formula is C15H20N2O6S. The molecule has 3 heterocycles. The summed E-state index contributed by atoms with van der Waals surface area (Å²) >= 11 is 1.51. The second-order valence-corrected chi connectivity index (χ2v) is 6.81. The van der Waals surface area contributed by atoms with Gasteiger partial charge in [-0.1, -0.05) is 0 Å². The van der Waals surface area contributed by atoms with E-state index in [9.17, 15) is 14.4 Å². The van der Waals surface area contributed by atoms with Gasteiger partial charge in [0, 0.05) is 38.4 Å². The van der Waals surface area contributed by atoms with E-state index in [0.717, 1.165) is 0 Å². The van der Waals surface area contributed by atoms with Gasteiger partial charge in [0.1, 0.15) is 17.7 Å². The molecule has 0 saturated carbocycles. The molecule has 24 heavy (non-hydrogen) atoms. The van der Waals surface area contributed by atoms with Crippen molar-refractivity contribution in [3.63, 3.8) is 0 Å². The number of hydrogen-bond acceptors (Lipinski definition) is 7. The summed E-state index contributed by atoms with van der Waals surface area (Å²) in [5, 5.41) is -0.205. The molecule has 0 aromatic heterocycles. The fraction of sp³-hybridized carbons (Fsp3) is 0.667. The second kappa shape index (κ2) is 7.12. The number of rotatable bonds is 4. The number of thioether (sulfide) groups is 1. The molecular weight excluding hydrogens is 336 g/mol.